The van der Waals surface area contributed by atoms with Gasteiger partial charge in [-0.2, -0.15) is 0 Å². The SMILES string of the molecule is Cc1cc(Br)cc(Br)c1OCC(=O)NNC(=O)C=CC(=O)O. The molecule has 0 radical (unpaired) electrons. The van der Waals surface area contributed by atoms with Crippen molar-refractivity contribution >= 4 is 49.6 Å². The van der Waals surface area contributed by atoms with E-state index in [1.54, 1.807) is 6.07 Å². The van der Waals surface area contributed by atoms with Crippen LogP contribution in [0.2, 0.25) is 0 Å². The Kier molecular flexibility index (Phi) is 7.06. The largest absolute Gasteiger partial charge is 0.482 e. The summed E-state index contributed by atoms with van der Waals surface area (Å²) in [6.07, 6.45) is 1.43. The molecule has 1 aromatic carbocycles. The fourth-order valence-electron chi connectivity index (χ4n) is 1.37. The second kappa shape index (κ2) is 8.54. The number of hydrazine groups is 1. The molecular weight excluding hydrogens is 424 g/mol. The van der Waals surface area contributed by atoms with Gasteiger partial charge in [0.1, 0.15) is 5.75 Å². The second-order valence-corrected chi connectivity index (χ2v) is 5.80. The Morgan fingerprint density at radius 3 is 2.50 bits per heavy atom. The van der Waals surface area contributed by atoms with E-state index in [0.29, 0.717) is 16.3 Å². The van der Waals surface area contributed by atoms with Crippen LogP contribution in [0.3, 0.4) is 0 Å². The third-order valence-electron chi connectivity index (χ3n) is 2.24. The minimum Gasteiger partial charge on any atom is -0.482 e. The number of carboxylic acid groups (broad SMARTS) is 1. The van der Waals surface area contributed by atoms with E-state index in [1.807, 2.05) is 18.4 Å². The van der Waals surface area contributed by atoms with Gasteiger partial charge in [-0.1, -0.05) is 15.9 Å². The molecule has 0 fully saturated rings. The number of hydrogen-bond donors (Lipinski definition) is 3. The van der Waals surface area contributed by atoms with Crippen molar-refractivity contribution in [2.75, 3.05) is 6.61 Å². The van der Waals surface area contributed by atoms with E-state index < -0.39 is 17.8 Å². The van der Waals surface area contributed by atoms with Crippen LogP contribution in [0, 0.1) is 6.92 Å². The first-order valence-electron chi connectivity index (χ1n) is 5.88. The quantitative estimate of drug-likeness (QED) is 0.482. The van der Waals surface area contributed by atoms with Crippen molar-refractivity contribution in [2.24, 2.45) is 0 Å². The minimum atomic E-state index is -1.26. The highest BCUT2D eigenvalue weighted by Crippen LogP contribution is 2.32. The number of amides is 2. The van der Waals surface area contributed by atoms with Gasteiger partial charge < -0.3 is 9.84 Å². The summed E-state index contributed by atoms with van der Waals surface area (Å²) in [6, 6.07) is 3.61. The van der Waals surface area contributed by atoms with E-state index in [9.17, 15) is 14.4 Å². The summed E-state index contributed by atoms with van der Waals surface area (Å²) in [6.45, 7) is 1.51. The third-order valence-corrected chi connectivity index (χ3v) is 3.29. The lowest BCUT2D eigenvalue weighted by atomic mass is 10.2. The van der Waals surface area contributed by atoms with Crippen molar-refractivity contribution in [3.05, 3.63) is 38.8 Å². The molecule has 0 aliphatic heterocycles. The topological polar surface area (TPSA) is 105 Å². The molecule has 118 valence electrons. The van der Waals surface area contributed by atoms with Gasteiger partial charge in [-0.05, 0) is 40.5 Å². The van der Waals surface area contributed by atoms with Crippen molar-refractivity contribution in [2.45, 2.75) is 6.92 Å². The number of carboxylic acids is 1. The lowest BCUT2D eigenvalue weighted by Crippen LogP contribution is -2.43. The minimum absolute atomic E-state index is 0.315. The predicted molar refractivity (Wildman–Crippen MR) is 85.1 cm³/mol. The molecule has 0 aromatic heterocycles. The lowest BCUT2D eigenvalue weighted by Gasteiger charge is -2.12. The van der Waals surface area contributed by atoms with Gasteiger partial charge in [0.05, 0.1) is 4.47 Å². The third kappa shape index (κ3) is 6.27. The molecule has 9 heteroatoms. The first-order valence-corrected chi connectivity index (χ1v) is 7.46. The fourth-order valence-corrected chi connectivity index (χ4v) is 2.92. The zero-order chi connectivity index (χ0) is 16.7. The molecule has 0 saturated heterocycles. The van der Waals surface area contributed by atoms with Gasteiger partial charge in [0.2, 0.25) is 0 Å². The number of aliphatic carboxylic acids is 1. The molecule has 0 heterocycles. The molecular formula is C13H12Br2N2O5. The summed E-state index contributed by atoms with van der Waals surface area (Å²) >= 11 is 6.66. The van der Waals surface area contributed by atoms with Gasteiger partial charge in [0, 0.05) is 16.6 Å². The van der Waals surface area contributed by atoms with Crippen LogP contribution < -0.4 is 15.6 Å². The van der Waals surface area contributed by atoms with Crippen LogP contribution >= 0.6 is 31.9 Å². The maximum atomic E-state index is 11.5. The Hall–Kier alpha value is -1.87. The number of nitrogens with one attached hydrogen (secondary N) is 2. The lowest BCUT2D eigenvalue weighted by molar-refractivity contribution is -0.131. The molecule has 0 unspecified atom stereocenters. The Labute approximate surface area is 142 Å². The van der Waals surface area contributed by atoms with Gasteiger partial charge >= 0.3 is 5.97 Å². The van der Waals surface area contributed by atoms with E-state index in [0.717, 1.165) is 16.1 Å². The number of hydrogen-bond acceptors (Lipinski definition) is 4. The normalized spacial score (nSPS) is 10.3. The molecule has 0 spiro atoms. The van der Waals surface area contributed by atoms with E-state index in [-0.39, 0.29) is 6.61 Å². The molecule has 1 aromatic rings. The highest BCUT2D eigenvalue weighted by molar-refractivity contribution is 9.11. The molecule has 0 aliphatic rings. The van der Waals surface area contributed by atoms with Crippen LogP contribution in [0.5, 0.6) is 5.75 Å². The van der Waals surface area contributed by atoms with E-state index >= 15 is 0 Å². The summed E-state index contributed by atoms with van der Waals surface area (Å²) in [5.74, 6) is -2.11. The predicted octanol–water partition coefficient (Wildman–Crippen LogP) is 1.69. The van der Waals surface area contributed by atoms with Gasteiger partial charge in [-0.3, -0.25) is 20.4 Å². The molecule has 1 rings (SSSR count). The monoisotopic (exact) mass is 434 g/mol. The van der Waals surface area contributed by atoms with Crippen LogP contribution in [0.4, 0.5) is 0 Å². The Bertz CT molecular complexity index is 608. The Morgan fingerprint density at radius 2 is 1.91 bits per heavy atom. The number of carbonyl (C=O) groups is 3. The summed E-state index contributed by atoms with van der Waals surface area (Å²) in [5.41, 5.74) is 4.94. The first kappa shape index (κ1) is 18.2. The maximum absolute atomic E-state index is 11.5. The summed E-state index contributed by atoms with van der Waals surface area (Å²) in [5, 5.41) is 8.34. The molecule has 7 nitrogen and oxygen atoms in total. The highest BCUT2D eigenvalue weighted by atomic mass is 79.9. The van der Waals surface area contributed by atoms with Gasteiger partial charge in [-0.25, -0.2) is 4.79 Å². The van der Waals surface area contributed by atoms with Crippen LogP contribution in [-0.2, 0) is 14.4 Å². The van der Waals surface area contributed by atoms with Crippen molar-refractivity contribution in [3.8, 4) is 5.75 Å². The Morgan fingerprint density at radius 1 is 1.23 bits per heavy atom. The zero-order valence-electron chi connectivity index (χ0n) is 11.4. The molecule has 0 atom stereocenters. The van der Waals surface area contributed by atoms with Crippen molar-refractivity contribution < 1.29 is 24.2 Å². The fraction of sp³-hybridized carbons (Fsp3) is 0.154. The van der Waals surface area contributed by atoms with E-state index in [1.165, 1.54) is 0 Å². The number of rotatable bonds is 5. The number of aryl methyl sites for hydroxylation is 1. The average molecular weight is 436 g/mol. The van der Waals surface area contributed by atoms with Gasteiger partial charge in [0.15, 0.2) is 6.61 Å². The van der Waals surface area contributed by atoms with Crippen molar-refractivity contribution in [3.63, 3.8) is 0 Å². The molecule has 3 N–H and O–H groups in total. The summed E-state index contributed by atoms with van der Waals surface area (Å²) in [7, 11) is 0. The molecule has 0 aliphatic carbocycles. The van der Waals surface area contributed by atoms with E-state index in [4.69, 9.17) is 9.84 Å². The molecule has 0 saturated carbocycles. The van der Waals surface area contributed by atoms with Crippen molar-refractivity contribution in [1.29, 1.82) is 0 Å². The van der Waals surface area contributed by atoms with Gasteiger partial charge in [0.25, 0.3) is 11.8 Å². The van der Waals surface area contributed by atoms with Gasteiger partial charge in [-0.15, -0.1) is 0 Å². The summed E-state index contributed by atoms with van der Waals surface area (Å²) < 4.78 is 6.92. The molecule has 0 bridgehead atoms. The molecule has 2 amide bonds. The van der Waals surface area contributed by atoms with Crippen molar-refractivity contribution in [1.82, 2.24) is 10.9 Å². The van der Waals surface area contributed by atoms with Crippen LogP contribution in [0.15, 0.2) is 33.2 Å². The first-order chi connectivity index (χ1) is 10.3. The number of halogens is 2. The number of benzene rings is 1. The second-order valence-electron chi connectivity index (χ2n) is 4.03. The zero-order valence-corrected chi connectivity index (χ0v) is 14.5. The van der Waals surface area contributed by atoms with Crippen LogP contribution in [-0.4, -0.2) is 29.5 Å². The van der Waals surface area contributed by atoms with E-state index in [2.05, 4.69) is 37.3 Å². The molecule has 22 heavy (non-hydrogen) atoms. The van der Waals surface area contributed by atoms with Crippen LogP contribution in [0.1, 0.15) is 5.56 Å². The average Bonchev–Trinajstić information content (AvgIpc) is 2.41. The smallest absolute Gasteiger partial charge is 0.328 e. The maximum Gasteiger partial charge on any atom is 0.328 e. The highest BCUT2D eigenvalue weighted by Gasteiger charge is 2.10. The summed E-state index contributed by atoms with van der Waals surface area (Å²) in [4.78, 5) is 32.9. The van der Waals surface area contributed by atoms with Crippen LogP contribution in [0.25, 0.3) is 0 Å². The number of carbonyl (C=O) groups excluding carboxylic acids is 2. The Balaban J connectivity index is 2.47. The number of ether oxygens (including phenoxy) is 1. The standard InChI is InChI=1S/C13H12Br2N2O5/c1-7-4-8(14)5-9(15)13(7)22-6-11(19)17-16-10(18)2-3-12(20)21/h2-5H,6H2,1H3,(H,16,18)(H,17,19)(H,20,21).